The minimum Gasteiger partial charge on any atom is -0.240 e. The molecule has 17 heavy (non-hydrogen) atoms. The van der Waals surface area contributed by atoms with Crippen LogP contribution in [0.3, 0.4) is 0 Å². The van der Waals surface area contributed by atoms with Crippen LogP contribution in [0.4, 0.5) is 0 Å². The lowest BCUT2D eigenvalue weighted by Crippen LogP contribution is -1.97. The summed E-state index contributed by atoms with van der Waals surface area (Å²) in [6.45, 7) is 0. The minimum atomic E-state index is 1.12. The van der Waals surface area contributed by atoms with E-state index >= 15 is 0 Å². The Hall–Kier alpha value is -1.83. The van der Waals surface area contributed by atoms with E-state index in [2.05, 4.69) is 29.4 Å². The number of allylic oxidation sites excluding steroid dienone is 2. The molecule has 1 aliphatic rings. The van der Waals surface area contributed by atoms with E-state index in [1.54, 1.807) is 0 Å². The average Bonchev–Trinajstić information content (AvgIpc) is 2.90. The van der Waals surface area contributed by atoms with Crippen molar-refractivity contribution in [2.45, 2.75) is 25.7 Å². The van der Waals surface area contributed by atoms with Gasteiger partial charge in [0, 0.05) is 6.20 Å². The first-order chi connectivity index (χ1) is 8.43. The molecule has 0 spiro atoms. The Balaban J connectivity index is 1.90. The van der Waals surface area contributed by atoms with E-state index in [1.165, 1.54) is 31.3 Å². The molecular formula is C15H16N2. The van der Waals surface area contributed by atoms with Crippen LogP contribution < -0.4 is 0 Å². The largest absolute Gasteiger partial charge is 0.240 e. The highest BCUT2D eigenvalue weighted by molar-refractivity contribution is 5.63. The Morgan fingerprint density at radius 2 is 1.88 bits per heavy atom. The summed E-state index contributed by atoms with van der Waals surface area (Å²) in [6.07, 6.45) is 9.37. The van der Waals surface area contributed by atoms with Gasteiger partial charge in [0.1, 0.15) is 0 Å². The number of hydrogen-bond donors (Lipinski definition) is 0. The molecule has 0 atom stereocenters. The van der Waals surface area contributed by atoms with Gasteiger partial charge in [-0.15, -0.1) is 0 Å². The van der Waals surface area contributed by atoms with Crippen molar-refractivity contribution in [3.63, 3.8) is 0 Å². The second-order valence-corrected chi connectivity index (χ2v) is 4.46. The van der Waals surface area contributed by atoms with Crippen LogP contribution in [-0.2, 0) is 0 Å². The van der Waals surface area contributed by atoms with E-state index in [-0.39, 0.29) is 0 Å². The standard InChI is InChI=1S/C15H16N2/c1-3-7-13(8-4-1)15-11-12-17(16-15)14-9-5-2-6-10-14/h2,5-7,9-12H,1,3-4,8H2. The molecule has 1 aromatic heterocycles. The number of rotatable bonds is 2. The van der Waals surface area contributed by atoms with Crippen LogP contribution in [0.1, 0.15) is 31.4 Å². The summed E-state index contributed by atoms with van der Waals surface area (Å²) in [5, 5.41) is 4.65. The van der Waals surface area contributed by atoms with E-state index in [0.717, 1.165) is 11.4 Å². The molecule has 0 aliphatic heterocycles. The first-order valence-corrected chi connectivity index (χ1v) is 6.24. The lowest BCUT2D eigenvalue weighted by Gasteiger charge is -2.09. The normalized spacial score (nSPS) is 15.6. The van der Waals surface area contributed by atoms with Crippen molar-refractivity contribution in [2.24, 2.45) is 0 Å². The topological polar surface area (TPSA) is 17.8 Å². The van der Waals surface area contributed by atoms with Crippen LogP contribution in [0.25, 0.3) is 11.3 Å². The van der Waals surface area contributed by atoms with Gasteiger partial charge in [-0.3, -0.25) is 0 Å². The summed E-state index contributed by atoms with van der Waals surface area (Å²) in [6, 6.07) is 12.4. The highest BCUT2D eigenvalue weighted by Crippen LogP contribution is 2.25. The molecule has 2 heteroatoms. The molecular weight excluding hydrogens is 208 g/mol. The van der Waals surface area contributed by atoms with Crippen LogP contribution in [0, 0.1) is 0 Å². The molecule has 0 unspecified atom stereocenters. The SMILES string of the molecule is C1=C(c2ccn(-c3ccccc3)n2)CCCC1. The van der Waals surface area contributed by atoms with Crippen LogP contribution in [0.15, 0.2) is 48.7 Å². The maximum absolute atomic E-state index is 4.65. The number of para-hydroxylation sites is 1. The summed E-state index contributed by atoms with van der Waals surface area (Å²) >= 11 is 0. The minimum absolute atomic E-state index is 1.12. The molecule has 1 aliphatic carbocycles. The highest BCUT2D eigenvalue weighted by atomic mass is 15.3. The third-order valence-electron chi connectivity index (χ3n) is 3.23. The summed E-state index contributed by atoms with van der Waals surface area (Å²) in [5.74, 6) is 0. The molecule has 0 N–H and O–H groups in total. The van der Waals surface area contributed by atoms with Gasteiger partial charge in [-0.2, -0.15) is 5.10 Å². The Bertz CT molecular complexity index is 523. The molecule has 0 radical (unpaired) electrons. The van der Waals surface area contributed by atoms with Crippen molar-refractivity contribution in [3.8, 4) is 5.69 Å². The predicted molar refractivity (Wildman–Crippen MR) is 70.0 cm³/mol. The lowest BCUT2D eigenvalue weighted by molar-refractivity contribution is 0.737. The van der Waals surface area contributed by atoms with E-state index in [0.29, 0.717) is 0 Å². The maximum atomic E-state index is 4.65. The second-order valence-electron chi connectivity index (χ2n) is 4.46. The van der Waals surface area contributed by atoms with Gasteiger partial charge >= 0.3 is 0 Å². The van der Waals surface area contributed by atoms with Crippen LogP contribution in [0.5, 0.6) is 0 Å². The summed E-state index contributed by atoms with van der Waals surface area (Å²) in [5.41, 5.74) is 3.66. The van der Waals surface area contributed by atoms with Crippen molar-refractivity contribution in [3.05, 3.63) is 54.4 Å². The second kappa shape index (κ2) is 4.58. The summed E-state index contributed by atoms with van der Waals surface area (Å²) in [4.78, 5) is 0. The van der Waals surface area contributed by atoms with E-state index in [1.807, 2.05) is 29.1 Å². The fourth-order valence-electron chi connectivity index (χ4n) is 2.29. The zero-order chi connectivity index (χ0) is 11.5. The first kappa shape index (κ1) is 10.3. The van der Waals surface area contributed by atoms with Crippen LogP contribution >= 0.6 is 0 Å². The van der Waals surface area contributed by atoms with Crippen molar-refractivity contribution < 1.29 is 0 Å². The third kappa shape index (κ3) is 2.16. The van der Waals surface area contributed by atoms with Gasteiger partial charge in [-0.25, -0.2) is 4.68 Å². The van der Waals surface area contributed by atoms with Crippen LogP contribution in [0.2, 0.25) is 0 Å². The molecule has 3 rings (SSSR count). The molecule has 0 amide bonds. The third-order valence-corrected chi connectivity index (χ3v) is 3.23. The van der Waals surface area contributed by atoms with Gasteiger partial charge in [-0.05, 0) is 49.5 Å². The van der Waals surface area contributed by atoms with Gasteiger partial charge in [-0.1, -0.05) is 24.3 Å². The fourth-order valence-corrected chi connectivity index (χ4v) is 2.29. The van der Waals surface area contributed by atoms with Crippen molar-refractivity contribution in [2.75, 3.05) is 0 Å². The van der Waals surface area contributed by atoms with Gasteiger partial charge in [0.15, 0.2) is 0 Å². The number of benzene rings is 1. The molecule has 0 saturated carbocycles. The zero-order valence-electron chi connectivity index (χ0n) is 9.84. The molecule has 86 valence electrons. The highest BCUT2D eigenvalue weighted by Gasteiger charge is 2.09. The van der Waals surface area contributed by atoms with Gasteiger partial charge in [0.05, 0.1) is 11.4 Å². The summed E-state index contributed by atoms with van der Waals surface area (Å²) < 4.78 is 1.95. The Kier molecular flexibility index (Phi) is 2.78. The quantitative estimate of drug-likeness (QED) is 0.758. The van der Waals surface area contributed by atoms with Crippen LogP contribution in [-0.4, -0.2) is 9.78 Å². The van der Waals surface area contributed by atoms with Crippen molar-refractivity contribution >= 4 is 5.57 Å². The number of hydrogen-bond acceptors (Lipinski definition) is 1. The molecule has 1 aromatic carbocycles. The molecule has 2 aromatic rings. The Labute approximate surface area is 102 Å². The molecule has 0 saturated heterocycles. The fraction of sp³-hybridized carbons (Fsp3) is 0.267. The van der Waals surface area contributed by atoms with E-state index in [9.17, 15) is 0 Å². The molecule has 0 bridgehead atoms. The number of nitrogens with zero attached hydrogens (tertiary/aromatic N) is 2. The van der Waals surface area contributed by atoms with Gasteiger partial charge < -0.3 is 0 Å². The molecule has 2 nitrogen and oxygen atoms in total. The van der Waals surface area contributed by atoms with Crippen molar-refractivity contribution in [1.29, 1.82) is 0 Å². The molecule has 1 heterocycles. The average molecular weight is 224 g/mol. The Morgan fingerprint density at radius 1 is 1.00 bits per heavy atom. The monoisotopic (exact) mass is 224 g/mol. The summed E-state index contributed by atoms with van der Waals surface area (Å²) in [7, 11) is 0. The van der Waals surface area contributed by atoms with E-state index in [4.69, 9.17) is 0 Å². The van der Waals surface area contributed by atoms with Crippen molar-refractivity contribution in [1.82, 2.24) is 9.78 Å². The lowest BCUT2D eigenvalue weighted by atomic mass is 9.97. The van der Waals surface area contributed by atoms with E-state index < -0.39 is 0 Å². The smallest absolute Gasteiger partial charge is 0.0884 e. The van der Waals surface area contributed by atoms with Gasteiger partial charge in [0.2, 0.25) is 0 Å². The van der Waals surface area contributed by atoms with Gasteiger partial charge in [0.25, 0.3) is 0 Å². The zero-order valence-corrected chi connectivity index (χ0v) is 9.84. The molecule has 0 fully saturated rings. The predicted octanol–water partition coefficient (Wildman–Crippen LogP) is 3.83. The maximum Gasteiger partial charge on any atom is 0.0884 e. The Morgan fingerprint density at radius 3 is 2.65 bits per heavy atom. The first-order valence-electron chi connectivity index (χ1n) is 6.24. The number of aromatic nitrogens is 2.